The molecule has 2 heterocycles. The summed E-state index contributed by atoms with van der Waals surface area (Å²) < 4.78 is 1.59. The summed E-state index contributed by atoms with van der Waals surface area (Å²) in [7, 11) is 0. The van der Waals surface area contributed by atoms with Crippen LogP contribution < -0.4 is 5.69 Å². The van der Waals surface area contributed by atoms with Crippen LogP contribution in [-0.4, -0.2) is 19.7 Å². The molecule has 0 bridgehead atoms. The first-order valence-electron chi connectivity index (χ1n) is 5.09. The molecule has 0 atom stereocenters. The quantitative estimate of drug-likeness (QED) is 0.681. The summed E-state index contributed by atoms with van der Waals surface area (Å²) in [4.78, 5) is 15.2. The first-order chi connectivity index (χ1) is 8.20. The number of hydrogen-bond donors (Lipinski definition) is 1. The highest BCUT2D eigenvalue weighted by atomic mass is 35.5. The van der Waals surface area contributed by atoms with Gasteiger partial charge in [-0.2, -0.15) is 0 Å². The van der Waals surface area contributed by atoms with Crippen LogP contribution in [0.4, 0.5) is 0 Å². The third-order valence-electron chi connectivity index (χ3n) is 2.20. The van der Waals surface area contributed by atoms with Crippen LogP contribution in [0, 0.1) is 0 Å². The van der Waals surface area contributed by atoms with E-state index < -0.39 is 0 Å². The van der Waals surface area contributed by atoms with Crippen LogP contribution in [0.25, 0.3) is 0 Å². The number of hydrogen-bond acceptors (Lipinski definition) is 4. The molecule has 0 fully saturated rings. The Morgan fingerprint density at radius 2 is 2.41 bits per heavy atom. The van der Waals surface area contributed by atoms with Gasteiger partial charge in [0.25, 0.3) is 0 Å². The zero-order chi connectivity index (χ0) is 12.3. The molecule has 17 heavy (non-hydrogen) atoms. The van der Waals surface area contributed by atoms with Crippen LogP contribution in [0.5, 0.6) is 0 Å². The fraction of sp³-hybridized carbons (Fsp3) is 0.300. The summed E-state index contributed by atoms with van der Waals surface area (Å²) in [6, 6.07) is 3.69. The Morgan fingerprint density at radius 3 is 3.12 bits per heavy atom. The topological polar surface area (TPSA) is 63.6 Å². The highest BCUT2D eigenvalue weighted by molar-refractivity contribution is 7.98. The SMILES string of the molecule is CCn1c(SCc2ccnc(Cl)c2)n[nH]c1=O. The van der Waals surface area contributed by atoms with Crippen molar-refractivity contribution >= 4 is 23.4 Å². The van der Waals surface area contributed by atoms with Crippen molar-refractivity contribution in [2.45, 2.75) is 24.4 Å². The molecule has 0 aliphatic carbocycles. The molecular formula is C10H11ClN4OS. The Hall–Kier alpha value is -1.27. The summed E-state index contributed by atoms with van der Waals surface area (Å²) in [5.41, 5.74) is 0.871. The number of nitrogens with one attached hydrogen (secondary N) is 1. The third kappa shape index (κ3) is 2.89. The molecule has 0 radical (unpaired) electrons. The maximum Gasteiger partial charge on any atom is 0.343 e. The van der Waals surface area contributed by atoms with Gasteiger partial charge in [0.05, 0.1) is 0 Å². The minimum Gasteiger partial charge on any atom is -0.270 e. The van der Waals surface area contributed by atoms with Crippen molar-refractivity contribution in [1.82, 2.24) is 19.7 Å². The predicted molar refractivity (Wildman–Crippen MR) is 67.3 cm³/mol. The van der Waals surface area contributed by atoms with E-state index in [2.05, 4.69) is 15.2 Å². The van der Waals surface area contributed by atoms with Gasteiger partial charge in [0.15, 0.2) is 5.16 Å². The van der Waals surface area contributed by atoms with Crippen molar-refractivity contribution in [2.24, 2.45) is 0 Å². The van der Waals surface area contributed by atoms with Gasteiger partial charge < -0.3 is 0 Å². The number of aromatic amines is 1. The number of nitrogens with zero attached hydrogens (tertiary/aromatic N) is 3. The van der Waals surface area contributed by atoms with Gasteiger partial charge in [0.1, 0.15) is 5.15 Å². The smallest absolute Gasteiger partial charge is 0.270 e. The molecule has 7 heteroatoms. The predicted octanol–water partition coefficient (Wildman–Crippen LogP) is 1.93. The van der Waals surface area contributed by atoms with Crippen molar-refractivity contribution in [3.05, 3.63) is 39.5 Å². The van der Waals surface area contributed by atoms with Gasteiger partial charge in [-0.1, -0.05) is 23.4 Å². The summed E-state index contributed by atoms with van der Waals surface area (Å²) in [5.74, 6) is 0.701. The number of halogens is 1. The summed E-state index contributed by atoms with van der Waals surface area (Å²) in [6.07, 6.45) is 1.66. The van der Waals surface area contributed by atoms with Crippen molar-refractivity contribution in [1.29, 1.82) is 0 Å². The van der Waals surface area contributed by atoms with E-state index in [9.17, 15) is 4.79 Å². The van der Waals surface area contributed by atoms with E-state index in [1.54, 1.807) is 16.8 Å². The molecule has 0 saturated heterocycles. The Balaban J connectivity index is 2.10. The van der Waals surface area contributed by atoms with Gasteiger partial charge in [-0.25, -0.2) is 14.9 Å². The van der Waals surface area contributed by atoms with Gasteiger partial charge in [-0.15, -0.1) is 5.10 Å². The molecule has 5 nitrogen and oxygen atoms in total. The monoisotopic (exact) mass is 270 g/mol. The van der Waals surface area contributed by atoms with Gasteiger partial charge in [0.2, 0.25) is 0 Å². The molecule has 0 spiro atoms. The fourth-order valence-electron chi connectivity index (χ4n) is 1.37. The van der Waals surface area contributed by atoms with E-state index in [1.807, 2.05) is 13.0 Å². The zero-order valence-corrected chi connectivity index (χ0v) is 10.8. The van der Waals surface area contributed by atoms with Crippen LogP contribution in [0.15, 0.2) is 28.3 Å². The maximum atomic E-state index is 11.3. The number of H-pyrrole nitrogens is 1. The molecule has 0 unspecified atom stereocenters. The van der Waals surface area contributed by atoms with Gasteiger partial charge in [-0.3, -0.25) is 4.57 Å². The first kappa shape index (κ1) is 12.2. The number of aromatic nitrogens is 4. The minimum absolute atomic E-state index is 0.178. The second kappa shape index (κ2) is 5.37. The van der Waals surface area contributed by atoms with Crippen LogP contribution in [0.1, 0.15) is 12.5 Å². The standard InChI is InChI=1S/C10H11ClN4OS/c1-2-15-9(16)13-14-10(15)17-6-7-3-4-12-8(11)5-7/h3-5H,2,6H2,1H3,(H,13,16). The zero-order valence-electron chi connectivity index (χ0n) is 9.18. The maximum absolute atomic E-state index is 11.3. The lowest BCUT2D eigenvalue weighted by Crippen LogP contribution is -2.16. The van der Waals surface area contributed by atoms with Crippen LogP contribution in [0.2, 0.25) is 5.15 Å². The van der Waals surface area contributed by atoms with E-state index in [4.69, 9.17) is 11.6 Å². The van der Waals surface area contributed by atoms with Crippen molar-refractivity contribution in [3.63, 3.8) is 0 Å². The molecule has 0 aliphatic heterocycles. The summed E-state index contributed by atoms with van der Waals surface area (Å²) in [5, 5.41) is 7.55. The second-order valence-electron chi connectivity index (χ2n) is 3.33. The van der Waals surface area contributed by atoms with Crippen LogP contribution in [-0.2, 0) is 12.3 Å². The lowest BCUT2D eigenvalue weighted by molar-refractivity contribution is 0.660. The summed E-state index contributed by atoms with van der Waals surface area (Å²) >= 11 is 7.28. The Kier molecular flexibility index (Phi) is 3.86. The van der Waals surface area contributed by atoms with E-state index in [1.165, 1.54) is 11.8 Å². The molecule has 2 rings (SSSR count). The molecule has 0 aliphatic rings. The average Bonchev–Trinajstić information content (AvgIpc) is 2.67. The minimum atomic E-state index is -0.178. The summed E-state index contributed by atoms with van der Waals surface area (Å²) in [6.45, 7) is 2.51. The molecule has 0 aromatic carbocycles. The lowest BCUT2D eigenvalue weighted by atomic mass is 10.3. The first-order valence-corrected chi connectivity index (χ1v) is 6.45. The Bertz CT molecular complexity index is 565. The Labute approximate surface area is 107 Å². The van der Waals surface area contributed by atoms with E-state index in [0.29, 0.717) is 22.6 Å². The fourth-order valence-corrected chi connectivity index (χ4v) is 2.52. The van der Waals surface area contributed by atoms with Gasteiger partial charge in [0, 0.05) is 18.5 Å². The molecule has 2 aromatic rings. The molecule has 1 N–H and O–H groups in total. The van der Waals surface area contributed by atoms with Gasteiger partial charge >= 0.3 is 5.69 Å². The highest BCUT2D eigenvalue weighted by Crippen LogP contribution is 2.20. The largest absolute Gasteiger partial charge is 0.343 e. The average molecular weight is 271 g/mol. The lowest BCUT2D eigenvalue weighted by Gasteiger charge is -2.02. The van der Waals surface area contributed by atoms with Gasteiger partial charge in [-0.05, 0) is 24.6 Å². The van der Waals surface area contributed by atoms with Crippen molar-refractivity contribution in [2.75, 3.05) is 0 Å². The van der Waals surface area contributed by atoms with Crippen molar-refractivity contribution in [3.8, 4) is 0 Å². The highest BCUT2D eigenvalue weighted by Gasteiger charge is 2.07. The number of thioether (sulfide) groups is 1. The molecule has 0 amide bonds. The molecule has 2 aromatic heterocycles. The number of pyridine rings is 1. The number of rotatable bonds is 4. The third-order valence-corrected chi connectivity index (χ3v) is 3.45. The van der Waals surface area contributed by atoms with Crippen molar-refractivity contribution < 1.29 is 0 Å². The van der Waals surface area contributed by atoms with E-state index in [0.717, 1.165) is 5.56 Å². The molecule has 0 saturated carbocycles. The molecular weight excluding hydrogens is 260 g/mol. The van der Waals surface area contributed by atoms with Crippen LogP contribution in [0.3, 0.4) is 0 Å². The van der Waals surface area contributed by atoms with Crippen LogP contribution >= 0.6 is 23.4 Å². The van der Waals surface area contributed by atoms with E-state index >= 15 is 0 Å². The molecule has 90 valence electrons. The Morgan fingerprint density at radius 1 is 1.59 bits per heavy atom. The second-order valence-corrected chi connectivity index (χ2v) is 4.66. The normalized spacial score (nSPS) is 10.7. The van der Waals surface area contributed by atoms with E-state index in [-0.39, 0.29) is 5.69 Å².